The Bertz CT molecular complexity index is 465. The Morgan fingerprint density at radius 1 is 1.47 bits per heavy atom. The van der Waals surface area contributed by atoms with Gasteiger partial charge in [-0.2, -0.15) is 0 Å². The number of rotatable bonds is 3. The second-order valence-electron chi connectivity index (χ2n) is 5.48. The second-order valence-corrected chi connectivity index (χ2v) is 5.86. The van der Waals surface area contributed by atoms with Gasteiger partial charge in [-0.15, -0.1) is 0 Å². The van der Waals surface area contributed by atoms with Crippen molar-refractivity contribution in [3.8, 4) is 0 Å². The fourth-order valence-electron chi connectivity index (χ4n) is 2.64. The van der Waals surface area contributed by atoms with Crippen LogP contribution in [-0.2, 0) is 0 Å². The summed E-state index contributed by atoms with van der Waals surface area (Å²) >= 11 is 6.31. The summed E-state index contributed by atoms with van der Waals surface area (Å²) in [6, 6.07) is 1.69. The largest absolute Gasteiger partial charge is 0.384 e. The van der Waals surface area contributed by atoms with E-state index in [1.807, 2.05) is 0 Å². The number of nitrogens with two attached hydrogens (primary N) is 1. The number of pyridine rings is 1. The molecular formula is C14H21ClN4. The smallest absolute Gasteiger partial charge is 0.148 e. The summed E-state index contributed by atoms with van der Waals surface area (Å²) in [5.41, 5.74) is 6.09. The van der Waals surface area contributed by atoms with Crippen LogP contribution in [0, 0.1) is 17.2 Å². The van der Waals surface area contributed by atoms with Crippen LogP contribution in [0.25, 0.3) is 0 Å². The van der Waals surface area contributed by atoms with Gasteiger partial charge in [0.1, 0.15) is 11.7 Å². The summed E-state index contributed by atoms with van der Waals surface area (Å²) in [6.07, 6.45) is 4.01. The average molecular weight is 281 g/mol. The number of hydrogen-bond donors (Lipinski definition) is 2. The Hall–Kier alpha value is -1.29. The molecule has 0 aromatic carbocycles. The molecule has 2 heterocycles. The van der Waals surface area contributed by atoms with E-state index in [9.17, 15) is 0 Å². The number of nitrogen functional groups attached to an aromatic ring is 1. The van der Waals surface area contributed by atoms with Crippen LogP contribution in [0.2, 0.25) is 5.02 Å². The molecule has 1 saturated heterocycles. The first-order valence-electron chi connectivity index (χ1n) is 6.74. The zero-order valence-electron chi connectivity index (χ0n) is 11.5. The monoisotopic (exact) mass is 280 g/mol. The highest BCUT2D eigenvalue weighted by molar-refractivity contribution is 6.36. The van der Waals surface area contributed by atoms with Crippen LogP contribution in [0.3, 0.4) is 0 Å². The zero-order chi connectivity index (χ0) is 14.0. The first-order chi connectivity index (χ1) is 9.00. The fourth-order valence-corrected chi connectivity index (χ4v) is 2.97. The molecule has 3 N–H and O–H groups in total. The van der Waals surface area contributed by atoms with Crippen LogP contribution in [0.15, 0.2) is 12.3 Å². The summed E-state index contributed by atoms with van der Waals surface area (Å²) < 4.78 is 0. The maximum Gasteiger partial charge on any atom is 0.148 e. The minimum Gasteiger partial charge on any atom is -0.384 e. The molecule has 1 aliphatic heterocycles. The number of aromatic nitrogens is 1. The molecule has 1 aromatic heterocycles. The molecule has 0 atom stereocenters. The van der Waals surface area contributed by atoms with Gasteiger partial charge in [0, 0.05) is 24.8 Å². The Morgan fingerprint density at radius 3 is 2.63 bits per heavy atom. The number of nitrogens with zero attached hydrogens (tertiary/aromatic N) is 2. The molecule has 0 amide bonds. The molecule has 0 aliphatic carbocycles. The van der Waals surface area contributed by atoms with E-state index in [2.05, 4.69) is 23.7 Å². The van der Waals surface area contributed by atoms with Crippen LogP contribution in [0.4, 0.5) is 5.82 Å². The molecule has 0 saturated carbocycles. The van der Waals surface area contributed by atoms with Crippen molar-refractivity contribution in [2.24, 2.45) is 17.6 Å². The Labute approximate surface area is 119 Å². The van der Waals surface area contributed by atoms with Gasteiger partial charge in [-0.25, -0.2) is 4.98 Å². The Kier molecular flexibility index (Phi) is 4.30. The number of hydrogen-bond acceptors (Lipinski definition) is 3. The number of halogens is 1. The molecule has 0 bridgehead atoms. The lowest BCUT2D eigenvalue weighted by Gasteiger charge is -2.35. The van der Waals surface area contributed by atoms with Crippen LogP contribution in [0.5, 0.6) is 0 Å². The van der Waals surface area contributed by atoms with E-state index in [1.54, 1.807) is 12.3 Å². The maximum absolute atomic E-state index is 7.52. The topological polar surface area (TPSA) is 66.0 Å². The highest BCUT2D eigenvalue weighted by Gasteiger charge is 2.24. The minimum absolute atomic E-state index is 0.00860. The molecule has 2 rings (SSSR count). The van der Waals surface area contributed by atoms with Gasteiger partial charge in [-0.05, 0) is 30.7 Å². The molecule has 1 aromatic rings. The minimum atomic E-state index is -0.00860. The number of nitrogens with one attached hydrogen (secondary N) is 1. The molecule has 0 unspecified atom stereocenters. The fraction of sp³-hybridized carbons (Fsp3) is 0.571. The van der Waals surface area contributed by atoms with Gasteiger partial charge in [0.2, 0.25) is 0 Å². The van der Waals surface area contributed by atoms with Gasteiger partial charge < -0.3 is 10.6 Å². The highest BCUT2D eigenvalue weighted by atomic mass is 35.5. The van der Waals surface area contributed by atoms with E-state index >= 15 is 0 Å². The first-order valence-corrected chi connectivity index (χ1v) is 7.12. The maximum atomic E-state index is 7.52. The molecule has 4 nitrogen and oxygen atoms in total. The van der Waals surface area contributed by atoms with Gasteiger partial charge >= 0.3 is 0 Å². The van der Waals surface area contributed by atoms with E-state index < -0.39 is 0 Å². The van der Waals surface area contributed by atoms with Gasteiger partial charge in [-0.3, -0.25) is 5.41 Å². The zero-order valence-corrected chi connectivity index (χ0v) is 12.2. The summed E-state index contributed by atoms with van der Waals surface area (Å²) in [7, 11) is 0. The van der Waals surface area contributed by atoms with Gasteiger partial charge in [-0.1, -0.05) is 25.4 Å². The number of amidine groups is 1. The van der Waals surface area contributed by atoms with Crippen molar-refractivity contribution in [2.45, 2.75) is 26.7 Å². The lowest BCUT2D eigenvalue weighted by atomic mass is 9.87. The Balaban J connectivity index is 2.16. The lowest BCUT2D eigenvalue weighted by molar-refractivity contribution is 0.310. The normalized spacial score (nSPS) is 16.9. The van der Waals surface area contributed by atoms with Crippen molar-refractivity contribution in [3.05, 3.63) is 22.8 Å². The van der Waals surface area contributed by atoms with Crippen molar-refractivity contribution in [1.82, 2.24) is 4.98 Å². The summed E-state index contributed by atoms with van der Waals surface area (Å²) in [6.45, 7) is 6.50. The quantitative estimate of drug-likeness (QED) is 0.661. The van der Waals surface area contributed by atoms with Crippen molar-refractivity contribution in [1.29, 1.82) is 5.41 Å². The van der Waals surface area contributed by atoms with Gasteiger partial charge in [0.25, 0.3) is 0 Å². The molecular weight excluding hydrogens is 260 g/mol. The lowest BCUT2D eigenvalue weighted by Crippen LogP contribution is -2.36. The third kappa shape index (κ3) is 3.00. The van der Waals surface area contributed by atoms with E-state index in [-0.39, 0.29) is 5.84 Å². The number of anilines is 1. The van der Waals surface area contributed by atoms with Crippen LogP contribution < -0.4 is 10.6 Å². The van der Waals surface area contributed by atoms with Crippen molar-refractivity contribution in [2.75, 3.05) is 18.0 Å². The molecule has 5 heteroatoms. The summed E-state index contributed by atoms with van der Waals surface area (Å²) in [4.78, 5) is 6.56. The number of piperidine rings is 1. The van der Waals surface area contributed by atoms with Gasteiger partial charge in [0.05, 0.1) is 5.02 Å². The average Bonchev–Trinajstić information content (AvgIpc) is 2.38. The predicted octanol–water partition coefficient (Wildman–Crippen LogP) is 2.89. The SMILES string of the molecule is CC(C)C1CCN(c2nccc(C(=N)N)c2Cl)CC1. The molecule has 104 valence electrons. The molecule has 1 fully saturated rings. The third-order valence-corrected chi connectivity index (χ3v) is 4.32. The van der Waals surface area contributed by atoms with Crippen LogP contribution >= 0.6 is 11.6 Å². The summed E-state index contributed by atoms with van der Waals surface area (Å²) in [5.74, 6) is 2.27. The van der Waals surface area contributed by atoms with E-state index in [1.165, 1.54) is 12.8 Å². The van der Waals surface area contributed by atoms with E-state index in [0.29, 0.717) is 10.6 Å². The third-order valence-electron chi connectivity index (χ3n) is 3.94. The molecule has 19 heavy (non-hydrogen) atoms. The first kappa shape index (κ1) is 14.1. The summed E-state index contributed by atoms with van der Waals surface area (Å²) in [5, 5.41) is 8.02. The van der Waals surface area contributed by atoms with Crippen molar-refractivity contribution < 1.29 is 0 Å². The van der Waals surface area contributed by atoms with Gasteiger partial charge in [0.15, 0.2) is 0 Å². The van der Waals surface area contributed by atoms with Crippen molar-refractivity contribution in [3.63, 3.8) is 0 Å². The van der Waals surface area contributed by atoms with Crippen LogP contribution in [0.1, 0.15) is 32.3 Å². The standard InChI is InChI=1S/C14H21ClN4/c1-9(2)10-4-7-19(8-5-10)14-12(15)11(13(16)17)3-6-18-14/h3,6,9-10H,4-5,7-8H2,1-2H3,(H3,16,17). The molecule has 0 spiro atoms. The second kappa shape index (κ2) is 5.78. The predicted molar refractivity (Wildman–Crippen MR) is 80.0 cm³/mol. The highest BCUT2D eigenvalue weighted by Crippen LogP contribution is 2.31. The molecule has 0 radical (unpaired) electrons. The van der Waals surface area contributed by atoms with Crippen LogP contribution in [-0.4, -0.2) is 23.9 Å². The van der Waals surface area contributed by atoms with E-state index in [4.69, 9.17) is 22.7 Å². The van der Waals surface area contributed by atoms with Crippen molar-refractivity contribution >= 4 is 23.3 Å². The Morgan fingerprint density at radius 2 is 2.11 bits per heavy atom. The molecule has 1 aliphatic rings. The van der Waals surface area contributed by atoms with E-state index in [0.717, 1.165) is 30.7 Å².